The van der Waals surface area contributed by atoms with E-state index < -0.39 is 11.2 Å². The van der Waals surface area contributed by atoms with Crippen LogP contribution in [0.15, 0.2) is 39.9 Å². The molecule has 118 valence electrons. The van der Waals surface area contributed by atoms with Crippen LogP contribution in [0.25, 0.3) is 0 Å². The van der Waals surface area contributed by atoms with E-state index in [1.54, 1.807) is 4.90 Å². The monoisotopic (exact) mass is 311 g/mol. The van der Waals surface area contributed by atoms with Crippen molar-refractivity contribution in [3.05, 3.63) is 62.3 Å². The molecule has 0 bridgehead atoms. The molecule has 1 aromatic heterocycles. The fourth-order valence-electron chi connectivity index (χ4n) is 2.46. The maximum atomic E-state index is 12.2. The first kappa shape index (κ1) is 16.3. The molecule has 0 unspecified atom stereocenters. The molecule has 0 N–H and O–H groups in total. The van der Waals surface area contributed by atoms with Crippen molar-refractivity contribution in [3.63, 3.8) is 0 Å². The lowest BCUT2D eigenvalue weighted by Crippen LogP contribution is -2.43. The summed E-state index contributed by atoms with van der Waals surface area (Å²) >= 11 is 0. The summed E-state index contributed by atoms with van der Waals surface area (Å²) in [5, 5.41) is 0. The van der Waals surface area contributed by atoms with Gasteiger partial charge in [0.25, 0.3) is 5.56 Å². The average molecular weight is 311 g/mol. The summed E-state index contributed by atoms with van der Waals surface area (Å²) in [4.78, 5) is 37.5. The summed E-state index contributed by atoms with van der Waals surface area (Å²) in [6, 6.07) is 9.46. The van der Waals surface area contributed by atoms with Crippen LogP contribution in [0, 0.1) is 12.3 Å². The number of aldehydes is 1. The van der Waals surface area contributed by atoms with Gasteiger partial charge in [0.1, 0.15) is 11.4 Å². The molecule has 1 aromatic carbocycles. The van der Waals surface area contributed by atoms with E-state index in [0.29, 0.717) is 12.8 Å². The smallest absolute Gasteiger partial charge is 0.332 e. The summed E-state index contributed by atoms with van der Waals surface area (Å²) in [6.45, 7) is 0.544. The topological polar surface area (TPSA) is 64.3 Å². The van der Waals surface area contributed by atoms with E-state index >= 15 is 0 Å². The summed E-state index contributed by atoms with van der Waals surface area (Å²) in [5.74, 6) is 2.74. The molecular weight excluding hydrogens is 294 g/mol. The fourth-order valence-corrected chi connectivity index (χ4v) is 2.46. The zero-order valence-corrected chi connectivity index (χ0v) is 13.0. The van der Waals surface area contributed by atoms with Crippen LogP contribution in [-0.4, -0.2) is 22.0 Å². The standard InChI is InChI=1S/C17H17N3O3/c1-4-10-20(11-13-8-6-5-7-9-13)15-14(12-21)16(22)19(3)17(23)18(15)2/h1,5-9,12H,10-11H2,2-3H3. The highest BCUT2D eigenvalue weighted by Crippen LogP contribution is 2.17. The van der Waals surface area contributed by atoms with Crippen LogP contribution in [0.5, 0.6) is 0 Å². The predicted octanol–water partition coefficient (Wildman–Crippen LogP) is 0.536. The Balaban J connectivity index is 2.65. The van der Waals surface area contributed by atoms with Gasteiger partial charge in [0.05, 0.1) is 6.54 Å². The van der Waals surface area contributed by atoms with Gasteiger partial charge in [-0.25, -0.2) is 4.79 Å². The molecule has 0 fully saturated rings. The van der Waals surface area contributed by atoms with Gasteiger partial charge in [0.2, 0.25) is 0 Å². The van der Waals surface area contributed by atoms with Crippen LogP contribution in [0.2, 0.25) is 0 Å². The van der Waals surface area contributed by atoms with Gasteiger partial charge in [0, 0.05) is 20.6 Å². The molecule has 0 aliphatic rings. The maximum absolute atomic E-state index is 12.2. The maximum Gasteiger partial charge on any atom is 0.332 e. The lowest BCUT2D eigenvalue weighted by molar-refractivity contribution is 0.112. The van der Waals surface area contributed by atoms with Crippen molar-refractivity contribution in [2.24, 2.45) is 14.1 Å². The molecule has 0 amide bonds. The van der Waals surface area contributed by atoms with E-state index in [1.807, 2.05) is 30.3 Å². The third-order valence-corrected chi connectivity index (χ3v) is 3.58. The van der Waals surface area contributed by atoms with Crippen LogP contribution in [-0.2, 0) is 20.6 Å². The van der Waals surface area contributed by atoms with E-state index in [1.165, 1.54) is 18.7 Å². The lowest BCUT2D eigenvalue weighted by atomic mass is 10.2. The Bertz CT molecular complexity index is 873. The number of nitrogens with zero attached hydrogens (tertiary/aromatic N) is 3. The minimum atomic E-state index is -0.631. The van der Waals surface area contributed by atoms with Gasteiger partial charge in [-0.1, -0.05) is 36.3 Å². The van der Waals surface area contributed by atoms with Crippen LogP contribution >= 0.6 is 0 Å². The number of rotatable bonds is 5. The van der Waals surface area contributed by atoms with Crippen LogP contribution in [0.3, 0.4) is 0 Å². The first-order valence-corrected chi connectivity index (χ1v) is 6.98. The van der Waals surface area contributed by atoms with Crippen LogP contribution in [0.4, 0.5) is 5.82 Å². The summed E-state index contributed by atoms with van der Waals surface area (Å²) < 4.78 is 2.18. The van der Waals surface area contributed by atoms with Crippen molar-refractivity contribution >= 4 is 12.1 Å². The molecular formula is C17H17N3O3. The highest BCUT2D eigenvalue weighted by Gasteiger charge is 2.20. The average Bonchev–Trinajstić information content (AvgIpc) is 2.56. The molecule has 0 saturated carbocycles. The number of hydrogen-bond acceptors (Lipinski definition) is 4. The number of carbonyl (C=O) groups is 1. The zero-order valence-electron chi connectivity index (χ0n) is 13.0. The first-order valence-electron chi connectivity index (χ1n) is 6.98. The van der Waals surface area contributed by atoms with Gasteiger partial charge in [0.15, 0.2) is 6.29 Å². The molecule has 0 spiro atoms. The molecule has 0 aliphatic carbocycles. The van der Waals surface area contributed by atoms with Gasteiger partial charge >= 0.3 is 5.69 Å². The van der Waals surface area contributed by atoms with Crippen molar-refractivity contribution in [1.82, 2.24) is 9.13 Å². The number of terminal acetylenes is 1. The van der Waals surface area contributed by atoms with Gasteiger partial charge in [-0.3, -0.25) is 18.7 Å². The zero-order chi connectivity index (χ0) is 17.0. The van der Waals surface area contributed by atoms with Crippen molar-refractivity contribution in [3.8, 4) is 12.3 Å². The molecule has 23 heavy (non-hydrogen) atoms. The number of carbonyl (C=O) groups excluding carboxylic acids is 1. The Hall–Kier alpha value is -3.07. The Kier molecular flexibility index (Phi) is 4.82. The van der Waals surface area contributed by atoms with Crippen molar-refractivity contribution in [2.75, 3.05) is 11.4 Å². The summed E-state index contributed by atoms with van der Waals surface area (Å²) in [5.41, 5.74) is -0.271. The number of anilines is 1. The van der Waals surface area contributed by atoms with Gasteiger partial charge in [-0.05, 0) is 5.56 Å². The van der Waals surface area contributed by atoms with E-state index in [2.05, 4.69) is 5.92 Å². The minimum Gasteiger partial charge on any atom is -0.342 e. The lowest BCUT2D eigenvalue weighted by Gasteiger charge is -2.26. The highest BCUT2D eigenvalue weighted by atomic mass is 16.2. The van der Waals surface area contributed by atoms with E-state index in [4.69, 9.17) is 6.42 Å². The number of benzene rings is 1. The molecule has 1 heterocycles. The largest absolute Gasteiger partial charge is 0.342 e. The molecule has 0 aliphatic heterocycles. The summed E-state index contributed by atoms with van der Waals surface area (Å²) in [6.07, 6.45) is 5.88. The first-order chi connectivity index (χ1) is 11.0. The Morgan fingerprint density at radius 3 is 2.39 bits per heavy atom. The number of hydrogen-bond donors (Lipinski definition) is 0. The third-order valence-electron chi connectivity index (χ3n) is 3.58. The van der Waals surface area contributed by atoms with E-state index in [0.717, 1.165) is 10.1 Å². The fraction of sp³-hybridized carbons (Fsp3) is 0.235. The molecule has 6 nitrogen and oxygen atoms in total. The van der Waals surface area contributed by atoms with Gasteiger partial charge < -0.3 is 4.90 Å². The SMILES string of the molecule is C#CCN(Cc1ccccc1)c1c(C=O)c(=O)n(C)c(=O)n1C. The number of aromatic nitrogens is 2. The third kappa shape index (κ3) is 3.09. The van der Waals surface area contributed by atoms with Crippen molar-refractivity contribution < 1.29 is 4.79 Å². The van der Waals surface area contributed by atoms with Crippen molar-refractivity contribution in [2.45, 2.75) is 6.54 Å². The Labute approximate surface area is 133 Å². The summed E-state index contributed by atoms with van der Waals surface area (Å²) in [7, 11) is 2.85. The minimum absolute atomic E-state index is 0.0826. The molecule has 0 atom stereocenters. The van der Waals surface area contributed by atoms with E-state index in [9.17, 15) is 14.4 Å². The quantitative estimate of drug-likeness (QED) is 0.597. The van der Waals surface area contributed by atoms with Crippen LogP contribution in [0.1, 0.15) is 15.9 Å². The molecule has 6 heteroatoms. The Morgan fingerprint density at radius 2 is 1.83 bits per heavy atom. The molecule has 0 radical (unpaired) electrons. The highest BCUT2D eigenvalue weighted by molar-refractivity contribution is 5.82. The van der Waals surface area contributed by atoms with Gasteiger partial charge in [-0.2, -0.15) is 0 Å². The van der Waals surface area contributed by atoms with Crippen LogP contribution < -0.4 is 16.1 Å². The second-order valence-corrected chi connectivity index (χ2v) is 5.11. The Morgan fingerprint density at radius 1 is 1.17 bits per heavy atom. The molecule has 2 rings (SSSR count). The molecule has 0 saturated heterocycles. The normalized spacial score (nSPS) is 10.1. The van der Waals surface area contributed by atoms with Gasteiger partial charge in [-0.15, -0.1) is 6.42 Å². The predicted molar refractivity (Wildman–Crippen MR) is 88.6 cm³/mol. The van der Waals surface area contributed by atoms with Crippen molar-refractivity contribution in [1.29, 1.82) is 0 Å². The second kappa shape index (κ2) is 6.79. The molecule has 2 aromatic rings. The second-order valence-electron chi connectivity index (χ2n) is 5.11. The van der Waals surface area contributed by atoms with E-state index in [-0.39, 0.29) is 17.9 Å².